The van der Waals surface area contributed by atoms with Crippen LogP contribution in [0.5, 0.6) is 0 Å². The normalized spacial score (nSPS) is 10.2. The van der Waals surface area contributed by atoms with E-state index >= 15 is 0 Å². The molecule has 1 N–H and O–H groups in total. The van der Waals surface area contributed by atoms with Crippen LogP contribution in [-0.4, -0.2) is 5.91 Å². The molecule has 0 unspecified atom stereocenters. The fourth-order valence-corrected chi connectivity index (χ4v) is 2.61. The fraction of sp³-hybridized carbons (Fsp3) is 0.0476. The number of nitrogens with one attached hydrogen (secondary N) is 1. The summed E-state index contributed by atoms with van der Waals surface area (Å²) >= 11 is 0. The molecule has 0 atom stereocenters. The van der Waals surface area contributed by atoms with Gasteiger partial charge in [0.25, 0.3) is 5.91 Å². The van der Waals surface area contributed by atoms with E-state index in [1.807, 2.05) is 19.1 Å². The molecule has 26 heavy (non-hydrogen) atoms. The summed E-state index contributed by atoms with van der Waals surface area (Å²) < 4.78 is 26.9. The van der Waals surface area contributed by atoms with Gasteiger partial charge in [-0.3, -0.25) is 4.79 Å². The average Bonchev–Trinajstić information content (AvgIpc) is 2.64. The topological polar surface area (TPSA) is 52.9 Å². The first-order chi connectivity index (χ1) is 12.5. The van der Waals surface area contributed by atoms with Crippen molar-refractivity contribution in [3.8, 4) is 17.2 Å². The molecule has 0 fully saturated rings. The van der Waals surface area contributed by atoms with Gasteiger partial charge in [-0.2, -0.15) is 5.26 Å². The molecule has 5 heteroatoms. The van der Waals surface area contributed by atoms with Crippen molar-refractivity contribution in [2.24, 2.45) is 0 Å². The van der Waals surface area contributed by atoms with E-state index in [-0.39, 0.29) is 5.56 Å². The number of nitriles is 1. The van der Waals surface area contributed by atoms with Crippen molar-refractivity contribution in [2.45, 2.75) is 6.92 Å². The van der Waals surface area contributed by atoms with Gasteiger partial charge in [0.1, 0.15) is 0 Å². The highest BCUT2D eigenvalue weighted by Gasteiger charge is 2.15. The SMILES string of the molecule is Cc1ccc(C#N)c(-c2ccc(NC(=O)c3cccc(F)c3F)cc2)c1. The molecule has 0 bridgehead atoms. The van der Waals surface area contributed by atoms with Gasteiger partial charge in [0.15, 0.2) is 11.6 Å². The minimum absolute atomic E-state index is 0.362. The number of hydrogen-bond donors (Lipinski definition) is 1. The molecule has 0 spiro atoms. The Labute approximate surface area is 149 Å². The van der Waals surface area contributed by atoms with Crippen molar-refractivity contribution >= 4 is 11.6 Å². The lowest BCUT2D eigenvalue weighted by Crippen LogP contribution is -2.14. The smallest absolute Gasteiger partial charge is 0.258 e. The maximum Gasteiger partial charge on any atom is 0.258 e. The maximum atomic E-state index is 13.7. The molecule has 3 aromatic carbocycles. The lowest BCUT2D eigenvalue weighted by Gasteiger charge is -2.09. The van der Waals surface area contributed by atoms with Gasteiger partial charge in [0, 0.05) is 5.69 Å². The number of benzene rings is 3. The van der Waals surface area contributed by atoms with Gasteiger partial charge in [-0.05, 0) is 48.4 Å². The standard InChI is InChI=1S/C21H14F2N2O/c1-13-5-6-15(12-24)18(11-13)14-7-9-16(10-8-14)25-21(26)17-3-2-4-19(22)20(17)23/h2-11H,1H3,(H,25,26). The third kappa shape index (κ3) is 3.45. The summed E-state index contributed by atoms with van der Waals surface area (Å²) in [7, 11) is 0. The molecule has 1 amide bonds. The summed E-state index contributed by atoms with van der Waals surface area (Å²) in [5.41, 5.74) is 3.27. The van der Waals surface area contributed by atoms with Crippen molar-refractivity contribution in [3.05, 3.63) is 89.0 Å². The van der Waals surface area contributed by atoms with Gasteiger partial charge in [0.2, 0.25) is 0 Å². The van der Waals surface area contributed by atoms with E-state index in [1.54, 1.807) is 30.3 Å². The summed E-state index contributed by atoms with van der Waals surface area (Å²) in [5, 5.41) is 11.8. The quantitative estimate of drug-likeness (QED) is 0.719. The number of amides is 1. The molecule has 0 saturated carbocycles. The van der Waals surface area contributed by atoms with Gasteiger partial charge in [0.05, 0.1) is 17.2 Å². The van der Waals surface area contributed by atoms with Gasteiger partial charge < -0.3 is 5.32 Å². The average molecular weight is 348 g/mol. The van der Waals surface area contributed by atoms with Crippen LogP contribution in [-0.2, 0) is 0 Å². The number of hydrogen-bond acceptors (Lipinski definition) is 2. The summed E-state index contributed by atoms with van der Waals surface area (Å²) in [6.07, 6.45) is 0. The zero-order valence-electron chi connectivity index (χ0n) is 13.9. The molecule has 0 aromatic heterocycles. The molecule has 0 radical (unpaired) electrons. The highest BCUT2D eigenvalue weighted by molar-refractivity contribution is 6.04. The summed E-state index contributed by atoms with van der Waals surface area (Å²) in [4.78, 5) is 12.1. The van der Waals surface area contributed by atoms with Crippen LogP contribution in [0.1, 0.15) is 21.5 Å². The number of nitrogens with zero attached hydrogens (tertiary/aromatic N) is 1. The molecule has 0 aliphatic carbocycles. The highest BCUT2D eigenvalue weighted by Crippen LogP contribution is 2.26. The Morgan fingerprint density at radius 1 is 1.04 bits per heavy atom. The monoisotopic (exact) mass is 348 g/mol. The first kappa shape index (κ1) is 17.3. The van der Waals surface area contributed by atoms with Crippen molar-refractivity contribution in [1.29, 1.82) is 5.26 Å². The fourth-order valence-electron chi connectivity index (χ4n) is 2.61. The number of carbonyl (C=O) groups excluding carboxylic acids is 1. The largest absolute Gasteiger partial charge is 0.322 e. The van der Waals surface area contributed by atoms with E-state index in [2.05, 4.69) is 11.4 Å². The van der Waals surface area contributed by atoms with E-state index in [0.717, 1.165) is 22.8 Å². The van der Waals surface area contributed by atoms with Crippen molar-refractivity contribution in [2.75, 3.05) is 5.32 Å². The van der Waals surface area contributed by atoms with Gasteiger partial charge in [-0.1, -0.05) is 35.9 Å². The third-order valence-electron chi connectivity index (χ3n) is 3.95. The molecule has 3 nitrogen and oxygen atoms in total. The molecule has 128 valence electrons. The summed E-state index contributed by atoms with van der Waals surface area (Å²) in [6, 6.07) is 17.9. The summed E-state index contributed by atoms with van der Waals surface area (Å²) in [5.74, 6) is -2.99. The number of carbonyl (C=O) groups is 1. The highest BCUT2D eigenvalue weighted by atomic mass is 19.2. The van der Waals surface area contributed by atoms with Crippen molar-refractivity contribution in [3.63, 3.8) is 0 Å². The van der Waals surface area contributed by atoms with Gasteiger partial charge in [-0.15, -0.1) is 0 Å². The molecule has 0 aliphatic heterocycles. The Kier molecular flexibility index (Phi) is 4.76. The zero-order chi connectivity index (χ0) is 18.7. The van der Waals surface area contributed by atoms with Gasteiger partial charge >= 0.3 is 0 Å². The van der Waals surface area contributed by atoms with Crippen LogP contribution >= 0.6 is 0 Å². The minimum atomic E-state index is -1.18. The second-order valence-corrected chi connectivity index (χ2v) is 5.79. The maximum absolute atomic E-state index is 13.7. The van der Waals surface area contributed by atoms with Crippen molar-refractivity contribution in [1.82, 2.24) is 0 Å². The molecule has 0 heterocycles. The van der Waals surface area contributed by atoms with E-state index < -0.39 is 17.5 Å². The van der Waals surface area contributed by atoms with E-state index in [4.69, 9.17) is 0 Å². The number of anilines is 1. The molecule has 0 aliphatic rings. The lowest BCUT2D eigenvalue weighted by molar-refractivity contribution is 0.102. The number of rotatable bonds is 3. The lowest BCUT2D eigenvalue weighted by atomic mass is 9.98. The zero-order valence-corrected chi connectivity index (χ0v) is 13.9. The van der Waals surface area contributed by atoms with E-state index in [1.165, 1.54) is 12.1 Å². The molecular formula is C21H14F2N2O. The van der Waals surface area contributed by atoms with Crippen LogP contribution in [0.2, 0.25) is 0 Å². The Morgan fingerprint density at radius 3 is 2.46 bits per heavy atom. The van der Waals surface area contributed by atoms with Crippen LogP contribution in [0.4, 0.5) is 14.5 Å². The Balaban J connectivity index is 1.85. The molecule has 3 aromatic rings. The van der Waals surface area contributed by atoms with Crippen LogP contribution in [0.3, 0.4) is 0 Å². The number of halogens is 2. The summed E-state index contributed by atoms with van der Waals surface area (Å²) in [6.45, 7) is 1.94. The Morgan fingerprint density at radius 2 is 1.77 bits per heavy atom. The molecule has 3 rings (SSSR count). The predicted octanol–water partition coefficient (Wildman–Crippen LogP) is 5.06. The van der Waals surface area contributed by atoms with Crippen LogP contribution in [0.25, 0.3) is 11.1 Å². The van der Waals surface area contributed by atoms with Crippen LogP contribution in [0.15, 0.2) is 60.7 Å². The van der Waals surface area contributed by atoms with Crippen LogP contribution in [0, 0.1) is 29.9 Å². The second-order valence-electron chi connectivity index (χ2n) is 5.79. The third-order valence-corrected chi connectivity index (χ3v) is 3.95. The first-order valence-corrected chi connectivity index (χ1v) is 7.86. The van der Waals surface area contributed by atoms with Crippen molar-refractivity contribution < 1.29 is 13.6 Å². The predicted molar refractivity (Wildman–Crippen MR) is 95.6 cm³/mol. The second kappa shape index (κ2) is 7.16. The minimum Gasteiger partial charge on any atom is -0.322 e. The molecule has 0 saturated heterocycles. The molecular weight excluding hydrogens is 334 g/mol. The Bertz CT molecular complexity index is 1020. The Hall–Kier alpha value is -3.52. The van der Waals surface area contributed by atoms with E-state index in [0.29, 0.717) is 11.3 Å². The van der Waals surface area contributed by atoms with Gasteiger partial charge in [-0.25, -0.2) is 8.78 Å². The van der Waals surface area contributed by atoms with Crippen LogP contribution < -0.4 is 5.32 Å². The number of aryl methyl sites for hydroxylation is 1. The first-order valence-electron chi connectivity index (χ1n) is 7.86. The van der Waals surface area contributed by atoms with E-state index in [9.17, 15) is 18.8 Å².